The van der Waals surface area contributed by atoms with Gasteiger partial charge in [0.05, 0.1) is 12.2 Å². The lowest BCUT2D eigenvalue weighted by Gasteiger charge is -2.13. The first-order valence-electron chi connectivity index (χ1n) is 10.5. The monoisotopic (exact) mass is 494 g/mol. The summed E-state index contributed by atoms with van der Waals surface area (Å²) < 4.78 is 6.65. The van der Waals surface area contributed by atoms with Crippen LogP contribution in [0.3, 0.4) is 0 Å². The fourth-order valence-corrected chi connectivity index (χ4v) is 3.40. The summed E-state index contributed by atoms with van der Waals surface area (Å²) in [6.07, 6.45) is 0.910. The minimum Gasteiger partial charge on any atom is -0.493 e. The average Bonchev–Trinajstić information content (AvgIpc) is 2.75. The molecule has 0 aliphatic heterocycles. The highest BCUT2D eigenvalue weighted by atomic mass is 79.9. The summed E-state index contributed by atoms with van der Waals surface area (Å²) in [7, 11) is 0. The van der Waals surface area contributed by atoms with Crippen molar-refractivity contribution in [1.29, 1.82) is 0 Å². The summed E-state index contributed by atoms with van der Waals surface area (Å²) in [6, 6.07) is 19.8. The first-order valence-corrected chi connectivity index (χ1v) is 11.3. The second-order valence-corrected chi connectivity index (χ2v) is 8.94. The standard InChI is InChI=1S/C26H27BrN2O3/c1-17(2)13-14-32-24-12-7-20(27)16-23(24)26(31)29-22-10-8-21(9-11-22)28-25(30)19-6-4-5-18(3)15-19/h4-12,15-17H,13-14H2,1-3H3,(H,28,30)(H,29,31). The van der Waals surface area contributed by atoms with Gasteiger partial charge in [0.15, 0.2) is 0 Å². The topological polar surface area (TPSA) is 67.4 Å². The zero-order valence-corrected chi connectivity index (χ0v) is 20.0. The largest absolute Gasteiger partial charge is 0.493 e. The van der Waals surface area contributed by atoms with Gasteiger partial charge in [-0.1, -0.05) is 47.5 Å². The van der Waals surface area contributed by atoms with Crippen LogP contribution in [0.4, 0.5) is 11.4 Å². The van der Waals surface area contributed by atoms with Gasteiger partial charge in [-0.05, 0) is 73.9 Å². The summed E-state index contributed by atoms with van der Waals surface area (Å²) in [5, 5.41) is 5.76. The molecule has 0 bridgehead atoms. The van der Waals surface area contributed by atoms with Crippen LogP contribution in [0.2, 0.25) is 0 Å². The number of aryl methyl sites for hydroxylation is 1. The Morgan fingerprint density at radius 1 is 0.906 bits per heavy atom. The second-order valence-electron chi connectivity index (χ2n) is 8.03. The van der Waals surface area contributed by atoms with Gasteiger partial charge >= 0.3 is 0 Å². The van der Waals surface area contributed by atoms with Crippen LogP contribution < -0.4 is 15.4 Å². The first-order chi connectivity index (χ1) is 15.3. The Bertz CT molecular complexity index is 1090. The lowest BCUT2D eigenvalue weighted by atomic mass is 10.1. The minimum absolute atomic E-state index is 0.178. The van der Waals surface area contributed by atoms with E-state index in [1.54, 1.807) is 42.5 Å². The molecule has 0 aromatic heterocycles. The van der Waals surface area contributed by atoms with E-state index in [1.165, 1.54) is 0 Å². The average molecular weight is 495 g/mol. The molecule has 5 nitrogen and oxygen atoms in total. The molecule has 3 aromatic carbocycles. The molecule has 0 saturated heterocycles. The Morgan fingerprint density at radius 2 is 1.56 bits per heavy atom. The van der Waals surface area contributed by atoms with E-state index in [1.807, 2.05) is 31.2 Å². The number of halogens is 1. The van der Waals surface area contributed by atoms with Crippen molar-refractivity contribution in [2.24, 2.45) is 5.92 Å². The van der Waals surface area contributed by atoms with Crippen molar-refractivity contribution in [1.82, 2.24) is 0 Å². The smallest absolute Gasteiger partial charge is 0.259 e. The van der Waals surface area contributed by atoms with Gasteiger partial charge in [-0.15, -0.1) is 0 Å². The van der Waals surface area contributed by atoms with Crippen molar-refractivity contribution in [2.45, 2.75) is 27.2 Å². The zero-order valence-electron chi connectivity index (χ0n) is 18.4. The Morgan fingerprint density at radius 3 is 2.19 bits per heavy atom. The number of hydrogen-bond donors (Lipinski definition) is 2. The number of carbonyl (C=O) groups is 2. The maximum absolute atomic E-state index is 12.9. The van der Waals surface area contributed by atoms with Gasteiger partial charge < -0.3 is 15.4 Å². The summed E-state index contributed by atoms with van der Waals surface area (Å²) in [5.41, 5.74) is 3.35. The van der Waals surface area contributed by atoms with Gasteiger partial charge in [-0.3, -0.25) is 9.59 Å². The second kappa shape index (κ2) is 11.0. The number of hydrogen-bond acceptors (Lipinski definition) is 3. The Balaban J connectivity index is 1.66. The number of carbonyl (C=O) groups excluding carboxylic acids is 2. The molecule has 2 N–H and O–H groups in total. The van der Waals surface area contributed by atoms with Crippen LogP contribution in [0, 0.1) is 12.8 Å². The third kappa shape index (κ3) is 6.69. The van der Waals surface area contributed by atoms with E-state index in [9.17, 15) is 9.59 Å². The third-order valence-electron chi connectivity index (χ3n) is 4.82. The number of ether oxygens (including phenoxy) is 1. The maximum Gasteiger partial charge on any atom is 0.259 e. The summed E-state index contributed by atoms with van der Waals surface area (Å²) in [6.45, 7) is 6.76. The number of nitrogens with one attached hydrogen (secondary N) is 2. The van der Waals surface area contributed by atoms with E-state index in [0.29, 0.717) is 40.8 Å². The van der Waals surface area contributed by atoms with Gasteiger partial charge in [0.2, 0.25) is 0 Å². The number of anilines is 2. The number of benzene rings is 3. The maximum atomic E-state index is 12.9. The normalized spacial score (nSPS) is 10.7. The molecule has 0 unspecified atom stereocenters. The van der Waals surface area contributed by atoms with E-state index < -0.39 is 0 Å². The molecule has 3 aromatic rings. The van der Waals surface area contributed by atoms with E-state index >= 15 is 0 Å². The fraction of sp³-hybridized carbons (Fsp3) is 0.231. The minimum atomic E-state index is -0.262. The molecule has 0 fully saturated rings. The van der Waals surface area contributed by atoms with Crippen molar-refractivity contribution in [3.8, 4) is 5.75 Å². The lowest BCUT2D eigenvalue weighted by Crippen LogP contribution is -2.15. The molecule has 2 amide bonds. The predicted octanol–water partition coefficient (Wildman–Crippen LogP) is 6.69. The van der Waals surface area contributed by atoms with Gasteiger partial charge in [0.1, 0.15) is 5.75 Å². The van der Waals surface area contributed by atoms with Crippen LogP contribution in [-0.4, -0.2) is 18.4 Å². The van der Waals surface area contributed by atoms with Gasteiger partial charge in [0.25, 0.3) is 11.8 Å². The molecule has 0 spiro atoms. The van der Waals surface area contributed by atoms with Crippen LogP contribution in [0.5, 0.6) is 5.75 Å². The molecule has 0 aliphatic carbocycles. The van der Waals surface area contributed by atoms with Gasteiger partial charge in [0, 0.05) is 21.4 Å². The molecular formula is C26H27BrN2O3. The molecule has 3 rings (SSSR count). The number of rotatable bonds is 8. The van der Waals surface area contributed by atoms with E-state index in [2.05, 4.69) is 40.4 Å². The molecule has 0 aliphatic rings. The van der Waals surface area contributed by atoms with Crippen LogP contribution >= 0.6 is 15.9 Å². The summed E-state index contributed by atoms with van der Waals surface area (Å²) in [4.78, 5) is 25.3. The van der Waals surface area contributed by atoms with Crippen molar-refractivity contribution >= 4 is 39.1 Å². The highest BCUT2D eigenvalue weighted by molar-refractivity contribution is 9.10. The van der Waals surface area contributed by atoms with Crippen molar-refractivity contribution in [3.63, 3.8) is 0 Å². The van der Waals surface area contributed by atoms with Gasteiger partial charge in [-0.25, -0.2) is 0 Å². The Labute approximate surface area is 197 Å². The molecule has 166 valence electrons. The zero-order chi connectivity index (χ0) is 23.1. The fourth-order valence-electron chi connectivity index (χ4n) is 3.03. The SMILES string of the molecule is Cc1cccc(C(=O)Nc2ccc(NC(=O)c3cc(Br)ccc3OCCC(C)C)cc2)c1. The Kier molecular flexibility index (Phi) is 8.06. The first kappa shape index (κ1) is 23.5. The molecule has 0 saturated carbocycles. The molecule has 6 heteroatoms. The van der Waals surface area contributed by atoms with Gasteiger partial charge in [-0.2, -0.15) is 0 Å². The summed E-state index contributed by atoms with van der Waals surface area (Å²) >= 11 is 3.42. The van der Waals surface area contributed by atoms with Crippen LogP contribution in [-0.2, 0) is 0 Å². The quantitative estimate of drug-likeness (QED) is 0.366. The lowest BCUT2D eigenvalue weighted by molar-refractivity contribution is 0.101. The third-order valence-corrected chi connectivity index (χ3v) is 5.31. The molecular weight excluding hydrogens is 468 g/mol. The van der Waals surface area contributed by atoms with Crippen molar-refractivity contribution < 1.29 is 14.3 Å². The van der Waals surface area contributed by atoms with Crippen LogP contribution in [0.25, 0.3) is 0 Å². The van der Waals surface area contributed by atoms with Crippen LogP contribution in [0.1, 0.15) is 46.5 Å². The highest BCUT2D eigenvalue weighted by Gasteiger charge is 2.14. The number of amides is 2. The van der Waals surface area contributed by atoms with Crippen molar-refractivity contribution in [3.05, 3.63) is 87.9 Å². The molecule has 0 radical (unpaired) electrons. The molecule has 0 atom stereocenters. The highest BCUT2D eigenvalue weighted by Crippen LogP contribution is 2.25. The van der Waals surface area contributed by atoms with E-state index in [-0.39, 0.29) is 11.8 Å². The Hall–Kier alpha value is -3.12. The van der Waals surface area contributed by atoms with Crippen LogP contribution in [0.15, 0.2) is 71.2 Å². The molecule has 32 heavy (non-hydrogen) atoms. The molecule has 0 heterocycles. The summed E-state index contributed by atoms with van der Waals surface area (Å²) in [5.74, 6) is 0.631. The predicted molar refractivity (Wildman–Crippen MR) is 133 cm³/mol. The van der Waals surface area contributed by atoms with Crippen molar-refractivity contribution in [2.75, 3.05) is 17.2 Å². The van der Waals surface area contributed by atoms with E-state index in [4.69, 9.17) is 4.74 Å². The van der Waals surface area contributed by atoms with E-state index in [0.717, 1.165) is 16.5 Å².